The molecule has 268 valence electrons. The lowest BCUT2D eigenvalue weighted by Crippen LogP contribution is -2.56. The maximum absolute atomic E-state index is 13.5. The zero-order valence-corrected chi connectivity index (χ0v) is 24.6. The van der Waals surface area contributed by atoms with Gasteiger partial charge in [0, 0.05) is 36.2 Å². The third-order valence-electron chi connectivity index (χ3n) is 6.68. The summed E-state index contributed by atoms with van der Waals surface area (Å²) in [4.78, 5) is 0. The first-order valence-electron chi connectivity index (χ1n) is 13.6. The van der Waals surface area contributed by atoms with E-state index in [0.29, 0.717) is 37.3 Å². The molecule has 1 fully saturated rings. The average molecular weight is 705 g/mol. The largest absolute Gasteiger partial charge is 0.430 e. The number of nitrogen functional groups attached to an aromatic ring is 2. The van der Waals surface area contributed by atoms with Gasteiger partial charge in [-0.25, -0.2) is 0 Å². The van der Waals surface area contributed by atoms with E-state index in [9.17, 15) is 52.7 Å². The normalized spacial score (nSPS) is 16.8. The van der Waals surface area contributed by atoms with Crippen LogP contribution >= 0.6 is 0 Å². The van der Waals surface area contributed by atoms with Crippen LogP contribution < -0.4 is 11.5 Å². The van der Waals surface area contributed by atoms with E-state index in [1.165, 1.54) is 0 Å². The molecule has 1 aliphatic heterocycles. The molecule has 0 spiro atoms. The van der Waals surface area contributed by atoms with Gasteiger partial charge >= 0.3 is 24.7 Å². The Hall–Kier alpha value is -3.00. The van der Waals surface area contributed by atoms with E-state index in [-0.39, 0.29) is 11.4 Å². The summed E-state index contributed by atoms with van der Waals surface area (Å²) in [6, 6.07) is 6.39. The summed E-state index contributed by atoms with van der Waals surface area (Å²) in [5.74, 6) is 0. The minimum atomic E-state index is -5.73. The van der Waals surface area contributed by atoms with Crippen LogP contribution in [0.25, 0.3) is 0 Å². The zero-order valence-electron chi connectivity index (χ0n) is 24.6. The fourth-order valence-corrected chi connectivity index (χ4v) is 4.40. The summed E-state index contributed by atoms with van der Waals surface area (Å²) in [6.45, 7) is -2.23. The average Bonchev–Trinajstić information content (AvgIpc) is 2.95. The highest BCUT2D eigenvalue weighted by Crippen LogP contribution is 2.54. The fourth-order valence-electron chi connectivity index (χ4n) is 4.40. The van der Waals surface area contributed by atoms with Crippen molar-refractivity contribution in [3.8, 4) is 0 Å². The highest BCUT2D eigenvalue weighted by Gasteiger charge is 2.74. The van der Waals surface area contributed by atoms with Crippen LogP contribution in [0.3, 0.4) is 0 Å². The van der Waals surface area contributed by atoms with Gasteiger partial charge in [-0.05, 0) is 43.5 Å². The summed E-state index contributed by atoms with van der Waals surface area (Å²) in [5, 5.41) is 0. The number of ether oxygens (including phenoxy) is 5. The van der Waals surface area contributed by atoms with E-state index < -0.39 is 79.8 Å². The molecule has 3 rings (SSSR count). The van der Waals surface area contributed by atoms with Crippen molar-refractivity contribution in [3.05, 3.63) is 59.7 Å². The number of benzene rings is 2. The Balaban J connectivity index is 0.000000335. The van der Waals surface area contributed by atoms with Gasteiger partial charge in [-0.3, -0.25) is 0 Å². The van der Waals surface area contributed by atoms with Crippen LogP contribution in [-0.4, -0.2) is 71.1 Å². The van der Waals surface area contributed by atoms with Gasteiger partial charge in [-0.15, -0.1) is 0 Å². The Morgan fingerprint density at radius 3 is 1.30 bits per heavy atom. The molecule has 47 heavy (non-hydrogen) atoms. The molecule has 0 radical (unpaired) electrons. The standard InChI is InChI=1S/C16H19F6NO3.C12H13F6NO2/c17-15(18,19)14(16(20,21)22,11-4-6-12(23)7-5-11)26-10-9-25-13-3-1-2-8-24-13;1-20-6-7-21-10(11(13,14)15,12(16,17)18)8-2-4-9(19)5-3-8/h4-7,13H,1-3,8-10,23H2;2-5H,6-7,19H2,1H3. The number of nitrogens with two attached hydrogens (primary N) is 2. The minimum absolute atomic E-state index is 0.0322. The molecule has 1 atom stereocenters. The van der Waals surface area contributed by atoms with Crippen molar-refractivity contribution >= 4 is 11.4 Å². The number of hydrogen-bond acceptors (Lipinski definition) is 7. The minimum Gasteiger partial charge on any atom is -0.399 e. The Morgan fingerprint density at radius 2 is 0.979 bits per heavy atom. The van der Waals surface area contributed by atoms with Crippen molar-refractivity contribution in [1.82, 2.24) is 0 Å². The number of halogens is 12. The van der Waals surface area contributed by atoms with Gasteiger partial charge in [0.15, 0.2) is 6.29 Å². The van der Waals surface area contributed by atoms with Crippen molar-refractivity contribution in [2.75, 3.05) is 51.6 Å². The van der Waals surface area contributed by atoms with Crippen molar-refractivity contribution in [2.24, 2.45) is 0 Å². The molecule has 0 aliphatic carbocycles. The number of hydrogen-bond donors (Lipinski definition) is 2. The molecular formula is C28H32F12N2O5. The molecule has 4 N–H and O–H groups in total. The monoisotopic (exact) mass is 704 g/mol. The predicted octanol–water partition coefficient (Wildman–Crippen LogP) is 7.40. The fraction of sp³-hybridized carbons (Fsp3) is 0.571. The van der Waals surface area contributed by atoms with Gasteiger partial charge in [0.1, 0.15) is 0 Å². The van der Waals surface area contributed by atoms with Gasteiger partial charge in [0.05, 0.1) is 26.4 Å². The van der Waals surface area contributed by atoms with Crippen LogP contribution in [0.2, 0.25) is 0 Å². The van der Waals surface area contributed by atoms with Gasteiger partial charge in [0.2, 0.25) is 0 Å². The van der Waals surface area contributed by atoms with E-state index in [1.54, 1.807) is 0 Å². The second-order valence-electron chi connectivity index (χ2n) is 9.95. The lowest BCUT2D eigenvalue weighted by Gasteiger charge is -2.37. The topological polar surface area (TPSA) is 98.2 Å². The molecule has 0 amide bonds. The second-order valence-corrected chi connectivity index (χ2v) is 9.95. The first-order valence-corrected chi connectivity index (χ1v) is 13.6. The van der Waals surface area contributed by atoms with Crippen LogP contribution in [0.1, 0.15) is 30.4 Å². The van der Waals surface area contributed by atoms with E-state index in [0.717, 1.165) is 44.2 Å². The summed E-state index contributed by atoms with van der Waals surface area (Å²) in [7, 11) is 1.13. The van der Waals surface area contributed by atoms with Crippen LogP contribution in [0.5, 0.6) is 0 Å². The molecule has 0 aromatic heterocycles. The highest BCUT2D eigenvalue weighted by molar-refractivity contribution is 5.43. The lowest BCUT2D eigenvalue weighted by atomic mass is 9.91. The molecule has 1 unspecified atom stereocenters. The van der Waals surface area contributed by atoms with Crippen molar-refractivity contribution in [3.63, 3.8) is 0 Å². The van der Waals surface area contributed by atoms with Crippen LogP contribution in [0, 0.1) is 0 Å². The quantitative estimate of drug-likeness (QED) is 0.143. The Morgan fingerprint density at radius 1 is 0.596 bits per heavy atom. The van der Waals surface area contributed by atoms with E-state index >= 15 is 0 Å². The van der Waals surface area contributed by atoms with Crippen molar-refractivity contribution < 1.29 is 76.4 Å². The number of anilines is 2. The summed E-state index contributed by atoms with van der Waals surface area (Å²) >= 11 is 0. The first-order chi connectivity index (χ1) is 21.6. The third-order valence-corrected chi connectivity index (χ3v) is 6.68. The summed E-state index contributed by atoms with van der Waals surface area (Å²) in [6.07, 6.45) is -21.3. The van der Waals surface area contributed by atoms with Crippen LogP contribution in [-0.2, 0) is 34.9 Å². The molecule has 2 aromatic carbocycles. The molecule has 7 nitrogen and oxygen atoms in total. The van der Waals surface area contributed by atoms with Crippen LogP contribution in [0.15, 0.2) is 48.5 Å². The van der Waals surface area contributed by atoms with Gasteiger partial charge in [-0.2, -0.15) is 52.7 Å². The zero-order chi connectivity index (χ0) is 35.7. The second kappa shape index (κ2) is 15.9. The van der Waals surface area contributed by atoms with E-state index in [2.05, 4.69) is 14.2 Å². The summed E-state index contributed by atoms with van der Waals surface area (Å²) in [5.41, 5.74) is -0.369. The lowest BCUT2D eigenvalue weighted by molar-refractivity contribution is -0.391. The molecule has 1 aliphatic rings. The Kier molecular flexibility index (Phi) is 13.6. The molecule has 0 saturated carbocycles. The molecule has 0 bridgehead atoms. The smallest absolute Gasteiger partial charge is 0.399 e. The predicted molar refractivity (Wildman–Crippen MR) is 143 cm³/mol. The number of methoxy groups -OCH3 is 1. The molecule has 19 heteroatoms. The van der Waals surface area contributed by atoms with Gasteiger partial charge in [0.25, 0.3) is 11.2 Å². The molecule has 1 saturated heterocycles. The first kappa shape index (κ1) is 40.2. The van der Waals surface area contributed by atoms with Crippen molar-refractivity contribution in [1.29, 1.82) is 0 Å². The SMILES string of the molecule is COCCOC(c1ccc(N)cc1)(C(F)(F)F)C(F)(F)F.Nc1ccc(C(OCCOC2CCCCO2)(C(F)(F)F)C(F)(F)F)cc1. The Bertz CT molecular complexity index is 1180. The molecule has 1 heterocycles. The summed E-state index contributed by atoms with van der Waals surface area (Å²) < 4.78 is 183. The van der Waals surface area contributed by atoms with Crippen LogP contribution in [0.4, 0.5) is 64.1 Å². The van der Waals surface area contributed by atoms with Gasteiger partial charge in [-0.1, -0.05) is 24.3 Å². The number of alkyl halides is 12. The molecule has 2 aromatic rings. The maximum Gasteiger partial charge on any atom is 0.430 e. The molecular weight excluding hydrogens is 672 g/mol. The van der Waals surface area contributed by atoms with Gasteiger partial charge < -0.3 is 35.2 Å². The highest BCUT2D eigenvalue weighted by atomic mass is 19.4. The maximum atomic E-state index is 13.5. The van der Waals surface area contributed by atoms with Crippen molar-refractivity contribution in [2.45, 2.75) is 61.5 Å². The van der Waals surface area contributed by atoms with E-state index in [1.807, 2.05) is 0 Å². The van der Waals surface area contributed by atoms with E-state index in [4.69, 9.17) is 20.9 Å². The third kappa shape index (κ3) is 9.55. The Labute approximate surface area is 261 Å². The number of rotatable bonds is 11.